The Hall–Kier alpha value is -3.82. The van der Waals surface area contributed by atoms with Crippen LogP contribution in [0.3, 0.4) is 0 Å². The topological polar surface area (TPSA) is 70.8 Å². The van der Waals surface area contributed by atoms with Crippen molar-refractivity contribution in [1.82, 2.24) is 14.8 Å². The first kappa shape index (κ1) is 25.8. The van der Waals surface area contributed by atoms with E-state index in [9.17, 15) is 4.79 Å². The minimum absolute atomic E-state index is 0.0460. The van der Waals surface area contributed by atoms with Crippen LogP contribution in [0, 0.1) is 25.5 Å². The predicted molar refractivity (Wildman–Crippen MR) is 143 cm³/mol. The lowest BCUT2D eigenvalue weighted by atomic mass is 10.0. The number of para-hydroxylation sites is 1. The molecule has 0 aliphatic carbocycles. The summed E-state index contributed by atoms with van der Waals surface area (Å²) in [5.41, 5.74) is 4.95. The number of fused-ring (bicyclic) bond motifs is 1. The van der Waals surface area contributed by atoms with E-state index in [0.29, 0.717) is 59.8 Å². The largest absolute Gasteiger partial charge is 0.423 e. The summed E-state index contributed by atoms with van der Waals surface area (Å²) in [7, 11) is 3.44. The van der Waals surface area contributed by atoms with Crippen LogP contribution >= 0.6 is 0 Å². The van der Waals surface area contributed by atoms with Crippen molar-refractivity contribution in [2.24, 2.45) is 0 Å². The highest BCUT2D eigenvalue weighted by atomic mass is 19.1. The van der Waals surface area contributed by atoms with Gasteiger partial charge >= 0.3 is 0 Å². The number of oxazole rings is 1. The number of carbonyl (C=O) groups excluding carboxylic acids is 1. The van der Waals surface area contributed by atoms with Crippen LogP contribution < -0.4 is 5.32 Å². The van der Waals surface area contributed by atoms with Crippen LogP contribution in [0.2, 0.25) is 0 Å². The zero-order valence-electron chi connectivity index (χ0n) is 21.9. The number of hydrogen-bond acceptors (Lipinski definition) is 6. The summed E-state index contributed by atoms with van der Waals surface area (Å²) in [5, 5.41) is 3.16. The Bertz CT molecular complexity index is 1460. The molecule has 0 saturated carbocycles. The van der Waals surface area contributed by atoms with Crippen molar-refractivity contribution in [3.8, 4) is 11.1 Å². The van der Waals surface area contributed by atoms with Crippen molar-refractivity contribution in [2.75, 3.05) is 45.7 Å². The highest BCUT2D eigenvalue weighted by molar-refractivity contribution is 5.97. The van der Waals surface area contributed by atoms with Gasteiger partial charge in [0.05, 0.1) is 13.2 Å². The number of aryl methyl sites for hydroxylation is 2. The van der Waals surface area contributed by atoms with E-state index in [1.54, 1.807) is 37.2 Å². The summed E-state index contributed by atoms with van der Waals surface area (Å²) < 4.78 is 41.5. The minimum atomic E-state index is -0.598. The number of nitrogens with zero attached hydrogens (tertiary/aromatic N) is 3. The van der Waals surface area contributed by atoms with Crippen LogP contribution in [0.5, 0.6) is 0 Å². The number of nitrogens with one attached hydrogen (secondary N) is 1. The number of anilines is 2. The molecule has 5 rings (SSSR count). The normalized spacial score (nSPS) is 14.2. The van der Waals surface area contributed by atoms with Crippen molar-refractivity contribution in [3.63, 3.8) is 0 Å². The Morgan fingerprint density at radius 1 is 1.05 bits per heavy atom. The molecule has 1 amide bonds. The molecule has 0 unspecified atom stereocenters. The second-order valence-corrected chi connectivity index (χ2v) is 9.79. The lowest BCUT2D eigenvalue weighted by Gasteiger charge is -2.26. The van der Waals surface area contributed by atoms with Crippen LogP contribution in [0.25, 0.3) is 22.2 Å². The van der Waals surface area contributed by atoms with E-state index >= 15 is 8.78 Å². The molecular weight excluding hydrogens is 490 g/mol. The van der Waals surface area contributed by atoms with E-state index in [1.165, 1.54) is 12.1 Å². The Morgan fingerprint density at radius 2 is 1.71 bits per heavy atom. The Morgan fingerprint density at radius 3 is 2.34 bits per heavy atom. The van der Waals surface area contributed by atoms with Gasteiger partial charge < -0.3 is 19.4 Å². The van der Waals surface area contributed by atoms with Crippen LogP contribution in [-0.4, -0.2) is 61.1 Å². The van der Waals surface area contributed by atoms with Crippen molar-refractivity contribution >= 4 is 28.7 Å². The molecule has 1 saturated heterocycles. The van der Waals surface area contributed by atoms with E-state index in [1.807, 2.05) is 30.9 Å². The number of rotatable bonds is 6. The molecule has 0 atom stereocenters. The van der Waals surface area contributed by atoms with Crippen molar-refractivity contribution < 1.29 is 22.7 Å². The number of morpholine rings is 1. The third-order valence-corrected chi connectivity index (χ3v) is 6.76. The lowest BCUT2D eigenvalue weighted by molar-refractivity contribution is 0.0332. The van der Waals surface area contributed by atoms with Gasteiger partial charge in [0.25, 0.3) is 11.9 Å². The molecule has 1 fully saturated rings. The predicted octanol–water partition coefficient (Wildman–Crippen LogP) is 5.67. The maximum atomic E-state index is 15.1. The second kappa shape index (κ2) is 10.5. The van der Waals surface area contributed by atoms with Crippen LogP contribution in [0.4, 0.5) is 20.5 Å². The van der Waals surface area contributed by atoms with E-state index in [0.717, 1.165) is 11.1 Å². The highest BCUT2D eigenvalue weighted by Gasteiger charge is 2.20. The van der Waals surface area contributed by atoms with Gasteiger partial charge in [-0.1, -0.05) is 12.1 Å². The van der Waals surface area contributed by atoms with Gasteiger partial charge in [-0.25, -0.2) is 8.78 Å². The van der Waals surface area contributed by atoms with Gasteiger partial charge in [0.2, 0.25) is 0 Å². The van der Waals surface area contributed by atoms with Crippen LogP contribution in [0.1, 0.15) is 27.0 Å². The average molecular weight is 521 g/mol. The Labute approximate surface area is 220 Å². The quantitative estimate of drug-likeness (QED) is 0.353. The number of amides is 1. The summed E-state index contributed by atoms with van der Waals surface area (Å²) in [6.45, 7) is 6.35. The third-order valence-electron chi connectivity index (χ3n) is 6.76. The zero-order chi connectivity index (χ0) is 27.0. The molecule has 2 heterocycles. The van der Waals surface area contributed by atoms with Gasteiger partial charge in [-0.3, -0.25) is 9.69 Å². The number of hydrogen-bond donors (Lipinski definition) is 1. The zero-order valence-corrected chi connectivity index (χ0v) is 21.9. The summed E-state index contributed by atoms with van der Waals surface area (Å²) in [4.78, 5) is 20.6. The minimum Gasteiger partial charge on any atom is -0.423 e. The van der Waals surface area contributed by atoms with E-state index < -0.39 is 11.6 Å². The fourth-order valence-corrected chi connectivity index (χ4v) is 4.84. The number of aromatic nitrogens is 1. The summed E-state index contributed by atoms with van der Waals surface area (Å²) in [6.07, 6.45) is 0. The number of carbonyl (C=O) groups is 1. The SMILES string of the molecule is Cc1cc(Nc2nc3cccc(-c4cc(F)c(CN5CCOCC5)c(F)c4)c3o2)cc(C)c1C(=O)N(C)C. The second-order valence-electron chi connectivity index (χ2n) is 9.79. The van der Waals surface area contributed by atoms with Gasteiger partial charge in [-0.05, 0) is 60.9 Å². The number of benzene rings is 3. The lowest BCUT2D eigenvalue weighted by Crippen LogP contribution is -2.36. The van der Waals surface area contributed by atoms with Crippen LogP contribution in [0.15, 0.2) is 46.9 Å². The van der Waals surface area contributed by atoms with E-state index in [2.05, 4.69) is 10.3 Å². The molecular formula is C29H30F2N4O3. The maximum absolute atomic E-state index is 15.1. The summed E-state index contributed by atoms with van der Waals surface area (Å²) >= 11 is 0. The smallest absolute Gasteiger partial charge is 0.300 e. The monoisotopic (exact) mass is 520 g/mol. The van der Waals surface area contributed by atoms with E-state index in [-0.39, 0.29) is 24.0 Å². The molecule has 9 heteroatoms. The summed E-state index contributed by atoms with van der Waals surface area (Å²) in [5.74, 6) is -1.26. The Balaban J connectivity index is 1.44. The molecule has 0 radical (unpaired) electrons. The standard InChI is InChI=1S/C29H30F2N4O3/c1-17-12-20(13-18(2)26(17)28(36)34(3)4)32-29-33-25-7-5-6-21(27(25)38-29)19-14-23(30)22(24(31)15-19)16-35-8-10-37-11-9-35/h5-7,12-15H,8-11,16H2,1-4H3,(H,32,33). The molecule has 7 nitrogen and oxygen atoms in total. The first-order valence-electron chi connectivity index (χ1n) is 12.5. The molecule has 1 aliphatic rings. The van der Waals surface area contributed by atoms with Crippen molar-refractivity contribution in [3.05, 3.63) is 76.4 Å². The maximum Gasteiger partial charge on any atom is 0.300 e. The molecule has 0 spiro atoms. The highest BCUT2D eigenvalue weighted by Crippen LogP contribution is 2.34. The Kier molecular flexibility index (Phi) is 7.14. The first-order valence-corrected chi connectivity index (χ1v) is 12.5. The average Bonchev–Trinajstić information content (AvgIpc) is 3.28. The molecule has 1 N–H and O–H groups in total. The first-order chi connectivity index (χ1) is 18.2. The molecule has 38 heavy (non-hydrogen) atoms. The fourth-order valence-electron chi connectivity index (χ4n) is 4.84. The molecule has 0 bridgehead atoms. The van der Waals surface area contributed by atoms with Gasteiger partial charge in [0, 0.05) is 56.1 Å². The van der Waals surface area contributed by atoms with Crippen molar-refractivity contribution in [2.45, 2.75) is 20.4 Å². The molecule has 3 aromatic carbocycles. The molecule has 198 valence electrons. The third kappa shape index (κ3) is 5.12. The number of ether oxygens (including phenoxy) is 1. The van der Waals surface area contributed by atoms with E-state index in [4.69, 9.17) is 9.15 Å². The van der Waals surface area contributed by atoms with Gasteiger partial charge in [0.15, 0.2) is 5.58 Å². The molecule has 1 aromatic heterocycles. The van der Waals surface area contributed by atoms with Crippen molar-refractivity contribution in [1.29, 1.82) is 0 Å². The van der Waals surface area contributed by atoms with Gasteiger partial charge in [-0.2, -0.15) is 4.98 Å². The molecule has 4 aromatic rings. The van der Waals surface area contributed by atoms with Crippen LogP contribution in [-0.2, 0) is 11.3 Å². The van der Waals surface area contributed by atoms with Gasteiger partial charge in [0.1, 0.15) is 17.2 Å². The number of halogens is 2. The summed E-state index contributed by atoms with van der Waals surface area (Å²) in [6, 6.07) is 12.0. The fraction of sp³-hybridized carbons (Fsp3) is 0.310. The van der Waals surface area contributed by atoms with Gasteiger partial charge in [-0.15, -0.1) is 0 Å². The molecule has 1 aliphatic heterocycles.